The van der Waals surface area contributed by atoms with Crippen LogP contribution in [0.5, 0.6) is 5.75 Å². The van der Waals surface area contributed by atoms with Crippen molar-refractivity contribution in [2.24, 2.45) is 0 Å². The monoisotopic (exact) mass is 288 g/mol. The summed E-state index contributed by atoms with van der Waals surface area (Å²) in [5.74, 6) is -1.68. The van der Waals surface area contributed by atoms with E-state index in [-0.39, 0.29) is 11.1 Å². The number of carboxylic acids is 1. The third-order valence-corrected chi connectivity index (χ3v) is 3.77. The van der Waals surface area contributed by atoms with E-state index in [0.717, 1.165) is 10.9 Å². The van der Waals surface area contributed by atoms with E-state index >= 15 is 0 Å². The van der Waals surface area contributed by atoms with Crippen LogP contribution in [0.3, 0.4) is 0 Å². The Labute approximate surface area is 116 Å². The molecule has 3 rings (SSSR count). The highest BCUT2D eigenvalue weighted by molar-refractivity contribution is 7.13. The van der Waals surface area contributed by atoms with Gasteiger partial charge in [-0.05, 0) is 23.6 Å². The Morgan fingerprint density at radius 2 is 2.05 bits per heavy atom. The molecular formula is C14H8O5S. The van der Waals surface area contributed by atoms with Crippen LogP contribution in [0.1, 0.15) is 10.4 Å². The fourth-order valence-corrected chi connectivity index (χ4v) is 2.66. The van der Waals surface area contributed by atoms with Crippen molar-refractivity contribution in [2.75, 3.05) is 0 Å². The normalized spacial score (nSPS) is 10.8. The number of aromatic carboxylic acids is 1. The maximum Gasteiger partial charge on any atom is 0.345 e. The van der Waals surface area contributed by atoms with Crippen LogP contribution in [-0.4, -0.2) is 16.2 Å². The molecule has 2 heterocycles. The van der Waals surface area contributed by atoms with Gasteiger partial charge in [0, 0.05) is 16.3 Å². The van der Waals surface area contributed by atoms with E-state index in [1.54, 1.807) is 12.1 Å². The second kappa shape index (κ2) is 4.50. The summed E-state index contributed by atoms with van der Waals surface area (Å²) in [6, 6.07) is 7.58. The summed E-state index contributed by atoms with van der Waals surface area (Å²) in [7, 11) is 0. The summed E-state index contributed by atoms with van der Waals surface area (Å²) in [4.78, 5) is 23.6. The van der Waals surface area contributed by atoms with Gasteiger partial charge in [0.05, 0.1) is 5.56 Å². The number of carboxylic acid groups (broad SMARTS) is 1. The van der Waals surface area contributed by atoms with Crippen LogP contribution < -0.4 is 5.63 Å². The number of rotatable bonds is 2. The lowest BCUT2D eigenvalue weighted by Crippen LogP contribution is -2.03. The van der Waals surface area contributed by atoms with Gasteiger partial charge in [-0.2, -0.15) is 0 Å². The maximum atomic E-state index is 11.9. The van der Waals surface area contributed by atoms with Crippen LogP contribution in [0.15, 0.2) is 44.9 Å². The topological polar surface area (TPSA) is 87.7 Å². The lowest BCUT2D eigenvalue weighted by molar-refractivity contribution is 0.0694. The summed E-state index contributed by atoms with van der Waals surface area (Å²) >= 11 is 1.39. The summed E-state index contributed by atoms with van der Waals surface area (Å²) in [6.07, 6.45) is 0. The smallest absolute Gasteiger partial charge is 0.345 e. The third-order valence-electron chi connectivity index (χ3n) is 2.87. The Bertz CT molecular complexity index is 861. The molecule has 0 saturated carbocycles. The van der Waals surface area contributed by atoms with Gasteiger partial charge in [-0.1, -0.05) is 6.07 Å². The predicted octanol–water partition coefficient (Wildman–Crippen LogP) is 2.93. The lowest BCUT2D eigenvalue weighted by atomic mass is 10.1. The minimum Gasteiger partial charge on any atom is -0.507 e. The molecule has 0 saturated heterocycles. The van der Waals surface area contributed by atoms with Gasteiger partial charge in [-0.15, -0.1) is 11.3 Å². The van der Waals surface area contributed by atoms with Crippen LogP contribution in [0.4, 0.5) is 0 Å². The Morgan fingerprint density at radius 3 is 2.70 bits per heavy atom. The Hall–Kier alpha value is -2.60. The average molecular weight is 288 g/mol. The first-order chi connectivity index (χ1) is 9.56. The van der Waals surface area contributed by atoms with E-state index in [0.29, 0.717) is 10.9 Å². The summed E-state index contributed by atoms with van der Waals surface area (Å²) in [5, 5.41) is 20.8. The summed E-state index contributed by atoms with van der Waals surface area (Å²) in [5.41, 5.74) is -0.238. The quantitative estimate of drug-likeness (QED) is 0.708. The number of hydrogen-bond donors (Lipinski definition) is 2. The molecule has 0 amide bonds. The minimum atomic E-state index is -1.24. The van der Waals surface area contributed by atoms with Gasteiger partial charge in [0.1, 0.15) is 16.9 Å². The molecule has 6 heteroatoms. The van der Waals surface area contributed by atoms with Crippen molar-refractivity contribution in [3.05, 3.63) is 51.7 Å². The molecule has 0 spiro atoms. The molecule has 0 aliphatic rings. The molecule has 0 aliphatic heterocycles. The molecule has 0 bridgehead atoms. The molecule has 100 valence electrons. The Morgan fingerprint density at radius 1 is 1.25 bits per heavy atom. The zero-order valence-corrected chi connectivity index (χ0v) is 10.8. The summed E-state index contributed by atoms with van der Waals surface area (Å²) < 4.78 is 5.13. The number of fused-ring (bicyclic) bond motifs is 1. The first-order valence-corrected chi connectivity index (χ1v) is 6.52. The van der Waals surface area contributed by atoms with Crippen LogP contribution in [0, 0.1) is 0 Å². The number of aromatic hydroxyl groups is 1. The van der Waals surface area contributed by atoms with Crippen molar-refractivity contribution < 1.29 is 19.4 Å². The number of phenols is 1. The molecule has 2 N–H and O–H groups in total. The first kappa shape index (κ1) is 12.4. The standard InChI is InChI=1S/C14H8O5S/c15-10-6-11-7(4-8(10)13(16)17)5-9(14(18)19-11)12-2-1-3-20-12/h1-6,15H,(H,16,17). The zero-order valence-electron chi connectivity index (χ0n) is 9.99. The molecule has 1 aromatic carbocycles. The minimum absolute atomic E-state index is 0.151. The number of hydrogen-bond acceptors (Lipinski definition) is 5. The fraction of sp³-hybridized carbons (Fsp3) is 0. The van der Waals surface area contributed by atoms with Crippen LogP contribution in [0.25, 0.3) is 21.4 Å². The first-order valence-electron chi connectivity index (χ1n) is 5.64. The molecule has 0 atom stereocenters. The van der Waals surface area contributed by atoms with Crippen LogP contribution in [0.2, 0.25) is 0 Å². The SMILES string of the molecule is O=C(O)c1cc2cc(-c3cccs3)c(=O)oc2cc1O. The lowest BCUT2D eigenvalue weighted by Gasteiger charge is -2.04. The van der Waals surface area contributed by atoms with E-state index in [4.69, 9.17) is 9.52 Å². The van der Waals surface area contributed by atoms with Gasteiger partial charge in [-0.3, -0.25) is 0 Å². The van der Waals surface area contributed by atoms with E-state index in [1.807, 2.05) is 11.4 Å². The molecule has 0 aliphatic carbocycles. The van der Waals surface area contributed by atoms with E-state index in [9.17, 15) is 14.7 Å². The van der Waals surface area contributed by atoms with Gasteiger partial charge in [0.2, 0.25) is 0 Å². The molecule has 0 unspecified atom stereocenters. The predicted molar refractivity (Wildman–Crippen MR) is 74.4 cm³/mol. The number of thiophene rings is 1. The number of carbonyl (C=O) groups is 1. The van der Waals surface area contributed by atoms with Gasteiger partial charge in [0.25, 0.3) is 0 Å². The highest BCUT2D eigenvalue weighted by Gasteiger charge is 2.14. The van der Waals surface area contributed by atoms with Gasteiger partial charge >= 0.3 is 11.6 Å². The number of benzene rings is 1. The second-order valence-corrected chi connectivity index (χ2v) is 5.08. The molecule has 0 fully saturated rings. The van der Waals surface area contributed by atoms with Crippen molar-refractivity contribution in [2.45, 2.75) is 0 Å². The molecule has 5 nitrogen and oxygen atoms in total. The zero-order chi connectivity index (χ0) is 14.3. The van der Waals surface area contributed by atoms with Gasteiger partial charge in [0.15, 0.2) is 0 Å². The maximum absolute atomic E-state index is 11.9. The van der Waals surface area contributed by atoms with Crippen molar-refractivity contribution in [3.63, 3.8) is 0 Å². The molecule has 3 aromatic rings. The van der Waals surface area contributed by atoms with E-state index in [2.05, 4.69) is 0 Å². The van der Waals surface area contributed by atoms with Crippen molar-refractivity contribution >= 4 is 28.3 Å². The van der Waals surface area contributed by atoms with Crippen molar-refractivity contribution in [1.29, 1.82) is 0 Å². The molecule has 0 radical (unpaired) electrons. The third kappa shape index (κ3) is 1.96. The molecule has 20 heavy (non-hydrogen) atoms. The van der Waals surface area contributed by atoms with Gasteiger partial charge in [-0.25, -0.2) is 9.59 Å². The van der Waals surface area contributed by atoms with Crippen molar-refractivity contribution in [1.82, 2.24) is 0 Å². The van der Waals surface area contributed by atoms with Gasteiger partial charge < -0.3 is 14.6 Å². The Kier molecular flexibility index (Phi) is 2.80. The van der Waals surface area contributed by atoms with E-state index < -0.39 is 17.3 Å². The summed E-state index contributed by atoms with van der Waals surface area (Å²) in [6.45, 7) is 0. The largest absolute Gasteiger partial charge is 0.507 e. The van der Waals surface area contributed by atoms with E-state index in [1.165, 1.54) is 17.4 Å². The van der Waals surface area contributed by atoms with Crippen LogP contribution in [-0.2, 0) is 0 Å². The molecule has 2 aromatic heterocycles. The van der Waals surface area contributed by atoms with Crippen molar-refractivity contribution in [3.8, 4) is 16.2 Å². The fourth-order valence-electron chi connectivity index (χ4n) is 1.93. The highest BCUT2D eigenvalue weighted by atomic mass is 32.1. The second-order valence-electron chi connectivity index (χ2n) is 4.14. The van der Waals surface area contributed by atoms with Crippen LogP contribution >= 0.6 is 11.3 Å². The highest BCUT2D eigenvalue weighted by Crippen LogP contribution is 2.28. The average Bonchev–Trinajstić information content (AvgIpc) is 2.90. The Balaban J connectivity index is 2.31. The molecular weight excluding hydrogens is 280 g/mol.